The van der Waals surface area contributed by atoms with Crippen LogP contribution >= 0.6 is 0 Å². The van der Waals surface area contributed by atoms with Crippen molar-refractivity contribution in [2.45, 2.75) is 25.7 Å². The molecule has 0 saturated carbocycles. The lowest BCUT2D eigenvalue weighted by molar-refractivity contribution is -0.118. The van der Waals surface area contributed by atoms with Gasteiger partial charge < -0.3 is 10.8 Å². The van der Waals surface area contributed by atoms with Gasteiger partial charge in [-0.2, -0.15) is 4.31 Å². The van der Waals surface area contributed by atoms with Crippen molar-refractivity contribution in [2.75, 3.05) is 13.1 Å². The number of carboxylic acids is 1. The van der Waals surface area contributed by atoms with E-state index in [-0.39, 0.29) is 17.0 Å². The number of hydrogen-bond acceptors (Lipinski definition) is 4. The van der Waals surface area contributed by atoms with Crippen molar-refractivity contribution >= 4 is 21.9 Å². The molecular weight excluding hydrogens is 296 g/mol. The van der Waals surface area contributed by atoms with Crippen molar-refractivity contribution in [1.82, 2.24) is 4.31 Å². The fraction of sp³-hybridized carbons (Fsp3) is 0.385. The summed E-state index contributed by atoms with van der Waals surface area (Å²) < 4.78 is 26.0. The molecule has 8 heteroatoms. The number of nitrogens with two attached hydrogens (primary N) is 1. The van der Waals surface area contributed by atoms with Crippen LogP contribution in [0.2, 0.25) is 0 Å². The molecule has 0 aromatic heterocycles. The number of nitrogens with zero attached hydrogens (tertiary/aromatic N) is 1. The van der Waals surface area contributed by atoms with Crippen LogP contribution in [-0.4, -0.2) is 42.8 Å². The van der Waals surface area contributed by atoms with Crippen LogP contribution in [0.5, 0.6) is 0 Å². The monoisotopic (exact) mass is 314 g/mol. The Labute approximate surface area is 123 Å². The third-order valence-electron chi connectivity index (χ3n) is 3.06. The van der Waals surface area contributed by atoms with Gasteiger partial charge in [-0.05, 0) is 31.0 Å². The van der Waals surface area contributed by atoms with Crippen LogP contribution in [0.15, 0.2) is 17.0 Å². The second kappa shape index (κ2) is 6.23. The number of rotatable bonds is 6. The van der Waals surface area contributed by atoms with Gasteiger partial charge in [0.25, 0.3) is 0 Å². The molecule has 0 aliphatic carbocycles. The molecule has 0 radical (unpaired) electrons. The van der Waals surface area contributed by atoms with E-state index < -0.39 is 28.4 Å². The Morgan fingerprint density at radius 3 is 2.24 bits per heavy atom. The van der Waals surface area contributed by atoms with Gasteiger partial charge in [0.1, 0.15) is 0 Å². The smallest absolute Gasteiger partial charge is 0.335 e. The molecular formula is C13H18N2O5S. The van der Waals surface area contributed by atoms with E-state index in [4.69, 9.17) is 10.8 Å². The molecule has 0 aliphatic heterocycles. The van der Waals surface area contributed by atoms with Gasteiger partial charge in [0.05, 0.1) is 17.0 Å². The molecule has 7 nitrogen and oxygen atoms in total. The topological polar surface area (TPSA) is 118 Å². The van der Waals surface area contributed by atoms with E-state index in [1.807, 2.05) is 0 Å². The molecule has 0 bridgehead atoms. The number of hydrogen-bond donors (Lipinski definition) is 2. The Kier molecular flexibility index (Phi) is 5.08. The van der Waals surface area contributed by atoms with Crippen molar-refractivity contribution < 1.29 is 23.1 Å². The van der Waals surface area contributed by atoms with Gasteiger partial charge >= 0.3 is 5.97 Å². The molecule has 0 heterocycles. The molecule has 116 valence electrons. The van der Waals surface area contributed by atoms with E-state index in [1.165, 1.54) is 6.07 Å². The highest BCUT2D eigenvalue weighted by Gasteiger charge is 2.27. The van der Waals surface area contributed by atoms with E-state index in [9.17, 15) is 18.0 Å². The molecule has 1 aromatic rings. The minimum Gasteiger partial charge on any atom is -0.478 e. The second-order valence-corrected chi connectivity index (χ2v) is 6.54. The summed E-state index contributed by atoms with van der Waals surface area (Å²) >= 11 is 0. The third-order valence-corrected chi connectivity index (χ3v) is 5.12. The largest absolute Gasteiger partial charge is 0.478 e. The molecule has 0 saturated heterocycles. The van der Waals surface area contributed by atoms with Crippen molar-refractivity contribution in [3.63, 3.8) is 0 Å². The Bertz CT molecular complexity index is 682. The normalized spacial score (nSPS) is 11.6. The van der Waals surface area contributed by atoms with E-state index in [1.54, 1.807) is 20.8 Å². The van der Waals surface area contributed by atoms with Crippen LogP contribution in [-0.2, 0) is 14.8 Å². The van der Waals surface area contributed by atoms with Crippen LogP contribution < -0.4 is 5.73 Å². The lowest BCUT2D eigenvalue weighted by Gasteiger charge is -2.20. The number of aryl methyl sites for hydroxylation is 2. The number of likely N-dealkylation sites (N-methyl/N-ethyl adjacent to an activating group) is 1. The Morgan fingerprint density at radius 2 is 1.81 bits per heavy atom. The predicted molar refractivity (Wildman–Crippen MR) is 76.5 cm³/mol. The van der Waals surface area contributed by atoms with E-state index in [0.29, 0.717) is 11.1 Å². The molecule has 21 heavy (non-hydrogen) atoms. The van der Waals surface area contributed by atoms with Crippen LogP contribution in [0.25, 0.3) is 0 Å². The first-order chi connectivity index (χ1) is 9.61. The van der Waals surface area contributed by atoms with Gasteiger partial charge in [0, 0.05) is 6.54 Å². The van der Waals surface area contributed by atoms with E-state index in [0.717, 1.165) is 10.4 Å². The van der Waals surface area contributed by atoms with Crippen LogP contribution in [0.4, 0.5) is 0 Å². The minimum atomic E-state index is -3.98. The number of primary amides is 1. The summed E-state index contributed by atoms with van der Waals surface area (Å²) in [6.07, 6.45) is 0. The SMILES string of the molecule is CCN(CC(N)=O)S(=O)(=O)c1cc(C(=O)O)c(C)cc1C. The fourth-order valence-electron chi connectivity index (χ4n) is 2.02. The number of carbonyl (C=O) groups is 2. The summed E-state index contributed by atoms with van der Waals surface area (Å²) in [5.74, 6) is -1.98. The molecule has 1 rings (SSSR count). The minimum absolute atomic E-state index is 0.0565. The maximum atomic E-state index is 12.5. The summed E-state index contributed by atoms with van der Waals surface area (Å²) in [4.78, 5) is 22.0. The number of benzene rings is 1. The van der Waals surface area contributed by atoms with E-state index >= 15 is 0 Å². The van der Waals surface area contributed by atoms with Crippen LogP contribution in [0, 0.1) is 13.8 Å². The van der Waals surface area contributed by atoms with Crippen molar-refractivity contribution in [3.05, 3.63) is 28.8 Å². The summed E-state index contributed by atoms with van der Waals surface area (Å²) in [6, 6.07) is 2.61. The van der Waals surface area contributed by atoms with E-state index in [2.05, 4.69) is 0 Å². The zero-order chi connectivity index (χ0) is 16.4. The summed E-state index contributed by atoms with van der Waals surface area (Å²) in [6.45, 7) is 4.34. The zero-order valence-corrected chi connectivity index (χ0v) is 12.9. The van der Waals surface area contributed by atoms with Gasteiger partial charge in [-0.3, -0.25) is 4.79 Å². The highest BCUT2D eigenvalue weighted by molar-refractivity contribution is 7.89. The first-order valence-corrected chi connectivity index (χ1v) is 7.68. The number of amides is 1. The zero-order valence-electron chi connectivity index (χ0n) is 12.1. The molecule has 0 aliphatic rings. The first-order valence-electron chi connectivity index (χ1n) is 6.24. The lowest BCUT2D eigenvalue weighted by Crippen LogP contribution is -2.38. The fourth-order valence-corrected chi connectivity index (χ4v) is 3.67. The standard InChI is InChI=1S/C13H18N2O5S/c1-4-15(7-12(14)16)21(19,20)11-6-10(13(17)18)8(2)5-9(11)3/h5-6H,4,7H2,1-3H3,(H2,14,16)(H,17,18). The quantitative estimate of drug-likeness (QED) is 0.792. The Morgan fingerprint density at radius 1 is 1.24 bits per heavy atom. The van der Waals surface area contributed by atoms with Gasteiger partial charge in [0.2, 0.25) is 15.9 Å². The molecule has 0 unspecified atom stereocenters. The lowest BCUT2D eigenvalue weighted by atomic mass is 10.1. The summed E-state index contributed by atoms with van der Waals surface area (Å²) in [7, 11) is -3.98. The van der Waals surface area contributed by atoms with Gasteiger partial charge in [-0.15, -0.1) is 0 Å². The average Bonchev–Trinajstić information content (AvgIpc) is 2.34. The maximum Gasteiger partial charge on any atom is 0.335 e. The van der Waals surface area contributed by atoms with Gasteiger partial charge in [-0.25, -0.2) is 13.2 Å². The van der Waals surface area contributed by atoms with Crippen molar-refractivity contribution in [1.29, 1.82) is 0 Å². The number of carbonyl (C=O) groups excluding carboxylic acids is 1. The highest BCUT2D eigenvalue weighted by atomic mass is 32.2. The van der Waals surface area contributed by atoms with Crippen molar-refractivity contribution in [3.8, 4) is 0 Å². The predicted octanol–water partition coefficient (Wildman–Crippen LogP) is 0.498. The van der Waals surface area contributed by atoms with Crippen LogP contribution in [0.3, 0.4) is 0 Å². The Hall–Kier alpha value is -1.93. The molecule has 0 atom stereocenters. The maximum absolute atomic E-state index is 12.5. The van der Waals surface area contributed by atoms with Gasteiger partial charge in [0.15, 0.2) is 0 Å². The second-order valence-electron chi connectivity index (χ2n) is 4.64. The third kappa shape index (κ3) is 3.59. The van der Waals surface area contributed by atoms with Crippen LogP contribution in [0.1, 0.15) is 28.4 Å². The summed E-state index contributed by atoms with van der Waals surface area (Å²) in [5.41, 5.74) is 5.84. The molecule has 0 spiro atoms. The molecule has 0 fully saturated rings. The van der Waals surface area contributed by atoms with Gasteiger partial charge in [-0.1, -0.05) is 13.0 Å². The summed E-state index contributed by atoms with van der Waals surface area (Å²) in [5, 5.41) is 9.11. The Balaban J connectivity index is 3.46. The highest BCUT2D eigenvalue weighted by Crippen LogP contribution is 2.23. The molecule has 3 N–H and O–H groups in total. The number of sulfonamides is 1. The van der Waals surface area contributed by atoms with Crippen molar-refractivity contribution in [2.24, 2.45) is 5.73 Å². The first kappa shape index (κ1) is 17.1. The average molecular weight is 314 g/mol. The number of carboxylic acid groups (broad SMARTS) is 1. The molecule has 1 aromatic carbocycles. The molecule has 1 amide bonds. The number of aromatic carboxylic acids is 1.